The summed E-state index contributed by atoms with van der Waals surface area (Å²) in [5, 5.41) is 9.04. The largest absolute Gasteiger partial charge is 0.481 e. The Morgan fingerprint density at radius 2 is 2.19 bits per heavy atom. The lowest BCUT2D eigenvalue weighted by molar-refractivity contribution is -0.137. The van der Waals surface area contributed by atoms with E-state index in [-0.39, 0.29) is 0 Å². The maximum atomic E-state index is 11.0. The summed E-state index contributed by atoms with van der Waals surface area (Å²) in [6.45, 7) is 0.926. The van der Waals surface area contributed by atoms with Crippen LogP contribution in [0.15, 0.2) is 51.8 Å². The van der Waals surface area contributed by atoms with Crippen LogP contribution in [0.3, 0.4) is 0 Å². The molecule has 4 nitrogen and oxygen atoms in total. The highest BCUT2D eigenvalue weighted by Crippen LogP contribution is 2.55. The van der Waals surface area contributed by atoms with Gasteiger partial charge in [-0.1, -0.05) is 18.2 Å². The second-order valence-corrected chi connectivity index (χ2v) is 8.56. The summed E-state index contributed by atoms with van der Waals surface area (Å²) in [7, 11) is 0. The number of hydrogen-bond acceptors (Lipinski definition) is 3. The Balaban J connectivity index is 1.55. The third-order valence-corrected chi connectivity index (χ3v) is 7.17. The molecule has 0 saturated carbocycles. The number of carboxylic acids is 1. The fourth-order valence-electron chi connectivity index (χ4n) is 6.01. The van der Waals surface area contributed by atoms with Crippen LogP contribution in [0.1, 0.15) is 51.4 Å². The molecule has 3 aliphatic heterocycles. The Labute approximate surface area is 161 Å². The average molecular weight is 364 g/mol. The van der Waals surface area contributed by atoms with Crippen LogP contribution in [-0.4, -0.2) is 34.8 Å². The molecule has 0 radical (unpaired) electrons. The van der Waals surface area contributed by atoms with E-state index < -0.39 is 5.97 Å². The molecule has 0 aromatic heterocycles. The second kappa shape index (κ2) is 6.81. The van der Waals surface area contributed by atoms with E-state index in [0.717, 1.165) is 32.2 Å². The average Bonchev–Trinajstić information content (AvgIpc) is 2.90. The van der Waals surface area contributed by atoms with Gasteiger partial charge >= 0.3 is 5.97 Å². The van der Waals surface area contributed by atoms with Crippen molar-refractivity contribution in [2.45, 2.75) is 57.4 Å². The predicted octanol–water partition coefficient (Wildman–Crippen LogP) is 4.47. The fourth-order valence-corrected chi connectivity index (χ4v) is 6.01. The molecule has 2 aliphatic carbocycles. The van der Waals surface area contributed by atoms with Gasteiger partial charge in [0, 0.05) is 42.4 Å². The van der Waals surface area contributed by atoms with Crippen LogP contribution in [0, 0.1) is 17.8 Å². The first-order valence-electron chi connectivity index (χ1n) is 10.5. The van der Waals surface area contributed by atoms with Crippen molar-refractivity contribution in [3.8, 4) is 0 Å². The summed E-state index contributed by atoms with van der Waals surface area (Å²) in [6.07, 6.45) is 19.3. The smallest absolute Gasteiger partial charge is 0.303 e. The summed E-state index contributed by atoms with van der Waals surface area (Å²) in [5.74, 6) is 1.03. The fraction of sp³-hybridized carbons (Fsp3) is 0.565. The molecule has 5 rings (SSSR count). The van der Waals surface area contributed by atoms with Gasteiger partial charge in [-0.25, -0.2) is 0 Å². The first-order valence-corrected chi connectivity index (χ1v) is 10.5. The quantitative estimate of drug-likeness (QED) is 0.801. The van der Waals surface area contributed by atoms with Crippen molar-refractivity contribution in [3.63, 3.8) is 0 Å². The molecule has 0 aromatic rings. The van der Waals surface area contributed by atoms with E-state index in [1.807, 2.05) is 6.21 Å². The molecule has 0 spiro atoms. The van der Waals surface area contributed by atoms with Crippen molar-refractivity contribution in [1.82, 2.24) is 4.90 Å². The van der Waals surface area contributed by atoms with Crippen LogP contribution < -0.4 is 0 Å². The molecule has 4 atom stereocenters. The number of hydrogen-bond donors (Lipinski definition) is 1. The second-order valence-electron chi connectivity index (χ2n) is 8.56. The van der Waals surface area contributed by atoms with Gasteiger partial charge in [0.25, 0.3) is 0 Å². The lowest BCUT2D eigenvalue weighted by Gasteiger charge is -2.37. The van der Waals surface area contributed by atoms with E-state index in [1.54, 1.807) is 11.3 Å². The molecule has 2 unspecified atom stereocenters. The van der Waals surface area contributed by atoms with Crippen molar-refractivity contribution in [1.29, 1.82) is 0 Å². The maximum absolute atomic E-state index is 11.0. The minimum absolute atomic E-state index is 0.292. The Morgan fingerprint density at radius 1 is 1.26 bits per heavy atom. The van der Waals surface area contributed by atoms with Crippen molar-refractivity contribution in [2.75, 3.05) is 6.54 Å². The highest BCUT2D eigenvalue weighted by Gasteiger charge is 2.49. The topological polar surface area (TPSA) is 52.9 Å². The molecule has 1 N–H and O–H groups in total. The molecule has 0 aromatic carbocycles. The van der Waals surface area contributed by atoms with Gasteiger partial charge in [0.1, 0.15) is 0 Å². The van der Waals surface area contributed by atoms with E-state index in [9.17, 15) is 4.79 Å². The summed E-state index contributed by atoms with van der Waals surface area (Å²) in [4.78, 5) is 18.3. The number of rotatable bonds is 4. The number of fused-ring (bicyclic) bond motifs is 5. The highest BCUT2D eigenvalue weighted by molar-refractivity contribution is 5.74. The van der Waals surface area contributed by atoms with E-state index in [1.165, 1.54) is 30.5 Å². The number of aliphatic imine (C=N–C) groups is 1. The van der Waals surface area contributed by atoms with Gasteiger partial charge < -0.3 is 10.0 Å². The van der Waals surface area contributed by atoms with Gasteiger partial charge in [-0.05, 0) is 68.1 Å². The molecule has 1 saturated heterocycles. The zero-order valence-electron chi connectivity index (χ0n) is 15.8. The van der Waals surface area contributed by atoms with E-state index >= 15 is 0 Å². The summed E-state index contributed by atoms with van der Waals surface area (Å²) >= 11 is 0. The Hall–Kier alpha value is -2.10. The molecule has 27 heavy (non-hydrogen) atoms. The van der Waals surface area contributed by atoms with E-state index in [2.05, 4.69) is 34.2 Å². The Kier molecular flexibility index (Phi) is 4.30. The third kappa shape index (κ3) is 2.81. The number of dihydropyridines is 1. The first kappa shape index (κ1) is 17.0. The Morgan fingerprint density at radius 3 is 3.07 bits per heavy atom. The van der Waals surface area contributed by atoms with Crippen molar-refractivity contribution < 1.29 is 9.90 Å². The zero-order valence-corrected chi connectivity index (χ0v) is 15.8. The SMILES string of the molecule is O=C(O)CCCC1CC[C@H]2C3=C1CC=C1C=CCCC1N3C1=CC=NC[C@@H]12. The van der Waals surface area contributed by atoms with Crippen LogP contribution in [0.4, 0.5) is 0 Å². The minimum Gasteiger partial charge on any atom is -0.481 e. The number of allylic oxidation sites excluding steroid dienone is 5. The standard InChI is InChI=1S/C23H28N2O2/c26-22(27)7-3-5-15-8-11-18-19-14-24-13-12-21(19)25-20-6-2-1-4-16(20)9-10-17(15)23(18)25/h1,4,9,12-13,15,18-20H,2-3,5-8,10-11,14H2,(H,26,27)/t15?,18-,19-,20?/m1/s1. The summed E-state index contributed by atoms with van der Waals surface area (Å²) in [6, 6.07) is 0.477. The van der Waals surface area contributed by atoms with Crippen LogP contribution >= 0.6 is 0 Å². The Bertz CT molecular complexity index is 801. The molecule has 0 amide bonds. The van der Waals surface area contributed by atoms with Gasteiger partial charge in [-0.3, -0.25) is 9.79 Å². The minimum atomic E-state index is -0.670. The first-order chi connectivity index (χ1) is 13.2. The molecule has 5 aliphatic rings. The summed E-state index contributed by atoms with van der Waals surface area (Å²) in [5.41, 5.74) is 6.15. The lowest BCUT2D eigenvalue weighted by atomic mass is 9.73. The van der Waals surface area contributed by atoms with Gasteiger partial charge in [-0.15, -0.1) is 0 Å². The summed E-state index contributed by atoms with van der Waals surface area (Å²) < 4.78 is 0. The predicted molar refractivity (Wildman–Crippen MR) is 106 cm³/mol. The van der Waals surface area contributed by atoms with E-state index in [0.29, 0.717) is 30.2 Å². The molecular weight excluding hydrogens is 336 g/mol. The van der Waals surface area contributed by atoms with Gasteiger partial charge in [0.15, 0.2) is 0 Å². The van der Waals surface area contributed by atoms with E-state index in [4.69, 9.17) is 5.11 Å². The molecule has 0 bridgehead atoms. The van der Waals surface area contributed by atoms with Crippen LogP contribution in [-0.2, 0) is 4.79 Å². The molecular formula is C23H28N2O2. The zero-order chi connectivity index (χ0) is 18.4. The van der Waals surface area contributed by atoms with Crippen LogP contribution in [0.25, 0.3) is 0 Å². The number of carbonyl (C=O) groups is 1. The number of aliphatic carboxylic acids is 1. The van der Waals surface area contributed by atoms with Crippen molar-refractivity contribution in [2.24, 2.45) is 22.7 Å². The molecule has 1 fully saturated rings. The van der Waals surface area contributed by atoms with Gasteiger partial charge in [0.05, 0.1) is 6.04 Å². The van der Waals surface area contributed by atoms with Crippen molar-refractivity contribution >= 4 is 12.2 Å². The molecule has 3 heterocycles. The van der Waals surface area contributed by atoms with Gasteiger partial charge in [0.2, 0.25) is 0 Å². The van der Waals surface area contributed by atoms with Gasteiger partial charge in [-0.2, -0.15) is 0 Å². The van der Waals surface area contributed by atoms with Crippen LogP contribution in [0.2, 0.25) is 0 Å². The lowest BCUT2D eigenvalue weighted by Crippen LogP contribution is -2.34. The number of nitrogens with zero attached hydrogens (tertiary/aromatic N) is 2. The normalized spacial score (nSPS) is 33.7. The maximum Gasteiger partial charge on any atom is 0.303 e. The number of carboxylic acid groups (broad SMARTS) is 1. The van der Waals surface area contributed by atoms with Crippen LogP contribution in [0.5, 0.6) is 0 Å². The third-order valence-electron chi connectivity index (χ3n) is 7.17. The molecule has 4 heteroatoms. The monoisotopic (exact) mass is 364 g/mol. The molecule has 142 valence electrons. The van der Waals surface area contributed by atoms with Crippen molar-refractivity contribution in [3.05, 3.63) is 46.8 Å². The highest BCUT2D eigenvalue weighted by atomic mass is 16.4.